The minimum atomic E-state index is -0.581. The second kappa shape index (κ2) is 4.97. The van der Waals surface area contributed by atoms with Crippen molar-refractivity contribution in [3.05, 3.63) is 24.3 Å². The molecule has 0 radical (unpaired) electrons. The Bertz CT molecular complexity index is 534. The Balaban J connectivity index is 1.99. The highest BCUT2D eigenvalue weighted by atomic mass is 16.4. The maximum atomic E-state index is 12.0. The smallest absolute Gasteiger partial charge is 0.309 e. The summed E-state index contributed by atoms with van der Waals surface area (Å²) in [7, 11) is 0. The van der Waals surface area contributed by atoms with Gasteiger partial charge in [0.15, 0.2) is 0 Å². The van der Waals surface area contributed by atoms with Crippen molar-refractivity contribution in [3.8, 4) is 0 Å². The van der Waals surface area contributed by atoms with Crippen molar-refractivity contribution >= 4 is 5.97 Å². The number of carboxylic acid groups (broad SMARTS) is 1. The molecule has 5 atom stereocenters. The number of carbonyl (C=O) groups is 1. The van der Waals surface area contributed by atoms with Crippen LogP contribution in [0.25, 0.3) is 0 Å². The van der Waals surface area contributed by atoms with Crippen LogP contribution in [0.15, 0.2) is 24.3 Å². The van der Waals surface area contributed by atoms with Gasteiger partial charge in [0.1, 0.15) is 0 Å². The van der Waals surface area contributed by atoms with Gasteiger partial charge in [-0.3, -0.25) is 4.79 Å². The van der Waals surface area contributed by atoms with E-state index in [-0.39, 0.29) is 10.8 Å². The minimum absolute atomic E-state index is 0.139. The maximum absolute atomic E-state index is 12.0. The molecule has 3 aliphatic rings. The van der Waals surface area contributed by atoms with Gasteiger partial charge >= 0.3 is 5.97 Å². The predicted molar refractivity (Wildman–Crippen MR) is 89.5 cm³/mol. The van der Waals surface area contributed by atoms with Gasteiger partial charge < -0.3 is 5.11 Å². The molecule has 3 rings (SSSR count). The Morgan fingerprint density at radius 1 is 1.27 bits per heavy atom. The molecule has 0 heterocycles. The standard InChI is InChI=1S/C20H30O2/c1-5-18(2)12-9-15-14(13-18)7-8-16-19(15,3)10-6-11-20(16,4)17(21)22/h5,13,15-16H,1,6-12H2,2-4H3,(H,21,22)/t15-,16-,18+,19+,20+/m0/s1. The van der Waals surface area contributed by atoms with Gasteiger partial charge in [-0.1, -0.05) is 38.0 Å². The molecule has 0 aromatic carbocycles. The first kappa shape index (κ1) is 15.8. The fourth-order valence-electron chi connectivity index (χ4n) is 5.94. The van der Waals surface area contributed by atoms with Crippen molar-refractivity contribution in [3.63, 3.8) is 0 Å². The zero-order valence-corrected chi connectivity index (χ0v) is 14.3. The zero-order valence-electron chi connectivity index (χ0n) is 14.3. The van der Waals surface area contributed by atoms with E-state index in [1.54, 1.807) is 5.57 Å². The molecule has 22 heavy (non-hydrogen) atoms. The van der Waals surface area contributed by atoms with E-state index >= 15 is 0 Å². The van der Waals surface area contributed by atoms with Crippen molar-refractivity contribution < 1.29 is 9.90 Å². The van der Waals surface area contributed by atoms with Gasteiger partial charge in [-0.2, -0.15) is 0 Å². The largest absolute Gasteiger partial charge is 0.481 e. The van der Waals surface area contributed by atoms with E-state index in [0.717, 1.165) is 32.1 Å². The zero-order chi connectivity index (χ0) is 16.2. The van der Waals surface area contributed by atoms with Gasteiger partial charge in [-0.05, 0) is 62.7 Å². The third-order valence-electron chi connectivity index (χ3n) is 7.38. The van der Waals surface area contributed by atoms with Crippen molar-refractivity contribution in [1.82, 2.24) is 0 Å². The van der Waals surface area contributed by atoms with Crippen LogP contribution in [-0.2, 0) is 4.79 Å². The molecule has 0 aromatic heterocycles. The Labute approximate surface area is 134 Å². The number of rotatable bonds is 2. The molecule has 0 unspecified atom stereocenters. The number of hydrogen-bond acceptors (Lipinski definition) is 1. The number of fused-ring (bicyclic) bond motifs is 3. The molecular weight excluding hydrogens is 272 g/mol. The normalized spacial score (nSPS) is 47.9. The van der Waals surface area contributed by atoms with E-state index in [4.69, 9.17) is 0 Å². The van der Waals surface area contributed by atoms with Crippen LogP contribution >= 0.6 is 0 Å². The molecule has 3 aliphatic carbocycles. The summed E-state index contributed by atoms with van der Waals surface area (Å²) < 4.78 is 0. The summed E-state index contributed by atoms with van der Waals surface area (Å²) in [5.74, 6) is 0.322. The van der Waals surface area contributed by atoms with Crippen LogP contribution in [0.2, 0.25) is 0 Å². The lowest BCUT2D eigenvalue weighted by molar-refractivity contribution is -0.164. The topological polar surface area (TPSA) is 37.3 Å². The third-order valence-corrected chi connectivity index (χ3v) is 7.38. The lowest BCUT2D eigenvalue weighted by Gasteiger charge is -2.59. The second-order valence-electron chi connectivity index (χ2n) is 8.69. The molecule has 122 valence electrons. The van der Waals surface area contributed by atoms with E-state index in [0.29, 0.717) is 11.8 Å². The Morgan fingerprint density at radius 2 is 2.00 bits per heavy atom. The highest BCUT2D eigenvalue weighted by molar-refractivity contribution is 5.75. The van der Waals surface area contributed by atoms with Crippen LogP contribution in [-0.4, -0.2) is 11.1 Å². The van der Waals surface area contributed by atoms with E-state index < -0.39 is 11.4 Å². The van der Waals surface area contributed by atoms with Crippen LogP contribution in [0.4, 0.5) is 0 Å². The molecule has 2 heteroatoms. The quantitative estimate of drug-likeness (QED) is 0.711. The fourth-order valence-corrected chi connectivity index (χ4v) is 5.94. The third kappa shape index (κ3) is 2.10. The molecule has 2 saturated carbocycles. The molecule has 2 nitrogen and oxygen atoms in total. The van der Waals surface area contributed by atoms with Crippen LogP contribution in [0, 0.1) is 28.1 Å². The average molecular weight is 302 g/mol. The minimum Gasteiger partial charge on any atom is -0.481 e. The molecule has 1 N–H and O–H groups in total. The van der Waals surface area contributed by atoms with E-state index in [9.17, 15) is 9.90 Å². The number of carboxylic acids is 1. The monoisotopic (exact) mass is 302 g/mol. The summed E-state index contributed by atoms with van der Waals surface area (Å²) in [4.78, 5) is 12.0. The fraction of sp³-hybridized carbons (Fsp3) is 0.750. The van der Waals surface area contributed by atoms with E-state index in [1.807, 2.05) is 6.92 Å². The Morgan fingerprint density at radius 3 is 2.64 bits per heavy atom. The first-order valence-electron chi connectivity index (χ1n) is 8.84. The summed E-state index contributed by atoms with van der Waals surface area (Å²) in [5.41, 5.74) is 1.36. The lowest BCUT2D eigenvalue weighted by atomic mass is 9.45. The van der Waals surface area contributed by atoms with Gasteiger partial charge in [0, 0.05) is 5.41 Å². The molecule has 0 spiro atoms. The van der Waals surface area contributed by atoms with Crippen molar-refractivity contribution in [2.24, 2.45) is 28.1 Å². The number of aliphatic carboxylic acids is 1. The first-order valence-corrected chi connectivity index (χ1v) is 8.84. The molecule has 0 aromatic rings. The molecule has 2 fully saturated rings. The molecule has 0 aliphatic heterocycles. The molecular formula is C20H30O2. The molecule has 0 bridgehead atoms. The summed E-state index contributed by atoms with van der Waals surface area (Å²) >= 11 is 0. The first-order chi connectivity index (χ1) is 10.3. The van der Waals surface area contributed by atoms with Crippen LogP contribution in [0.3, 0.4) is 0 Å². The van der Waals surface area contributed by atoms with Gasteiger partial charge in [0.05, 0.1) is 5.41 Å². The highest BCUT2D eigenvalue weighted by Crippen LogP contribution is 2.63. The van der Waals surface area contributed by atoms with Gasteiger partial charge in [0.2, 0.25) is 0 Å². The summed E-state index contributed by atoms with van der Waals surface area (Å²) in [6, 6.07) is 0. The average Bonchev–Trinajstić information content (AvgIpc) is 2.46. The van der Waals surface area contributed by atoms with Gasteiger partial charge in [0.25, 0.3) is 0 Å². The van der Waals surface area contributed by atoms with Crippen LogP contribution < -0.4 is 0 Å². The molecule has 0 saturated heterocycles. The molecule has 0 amide bonds. The highest BCUT2D eigenvalue weighted by Gasteiger charge is 2.58. The second-order valence-corrected chi connectivity index (χ2v) is 8.69. The Hall–Kier alpha value is -1.05. The van der Waals surface area contributed by atoms with Gasteiger partial charge in [-0.15, -0.1) is 6.58 Å². The van der Waals surface area contributed by atoms with Gasteiger partial charge in [-0.25, -0.2) is 0 Å². The number of hydrogen-bond donors (Lipinski definition) is 1. The van der Waals surface area contributed by atoms with E-state index in [1.165, 1.54) is 12.8 Å². The maximum Gasteiger partial charge on any atom is 0.309 e. The predicted octanol–water partition coefficient (Wildman–Crippen LogP) is 5.21. The van der Waals surface area contributed by atoms with Crippen molar-refractivity contribution in [2.45, 2.75) is 65.7 Å². The SMILES string of the molecule is C=C[C@@]1(C)C=C2CC[C@H]3[C@](C)(CCC[C@@]3(C)C(=O)O)[C@H]2CC1. The summed E-state index contributed by atoms with van der Waals surface area (Å²) in [5, 5.41) is 9.84. The van der Waals surface area contributed by atoms with E-state index in [2.05, 4.69) is 32.6 Å². The van der Waals surface area contributed by atoms with Crippen molar-refractivity contribution in [1.29, 1.82) is 0 Å². The number of allylic oxidation sites excluding steroid dienone is 3. The lowest BCUT2D eigenvalue weighted by Crippen LogP contribution is -2.54. The van der Waals surface area contributed by atoms with Crippen LogP contribution in [0.1, 0.15) is 65.7 Å². The van der Waals surface area contributed by atoms with Crippen molar-refractivity contribution in [2.75, 3.05) is 0 Å². The van der Waals surface area contributed by atoms with Crippen LogP contribution in [0.5, 0.6) is 0 Å². The summed E-state index contributed by atoms with van der Waals surface area (Å²) in [6.07, 6.45) is 12.1. The summed E-state index contributed by atoms with van der Waals surface area (Å²) in [6.45, 7) is 10.7. The Kier molecular flexibility index (Phi) is 3.58.